The Kier molecular flexibility index (Phi) is 12.1. The minimum absolute atomic E-state index is 0. The van der Waals surface area contributed by atoms with Gasteiger partial charge in [-0.05, 0) is 6.42 Å². The molecule has 0 atom stereocenters. The first-order chi connectivity index (χ1) is 6.09. The predicted octanol–water partition coefficient (Wildman–Crippen LogP) is 0.826. The standard InChI is InChI=1S/C9H16O4.Ba.2H/c1-2-3-4-5-6-7(8(10)11)9(12)13;;;/h7H,2-6H2,1H3,(H,10,11)(H,12,13);;;. The van der Waals surface area contributed by atoms with Crippen LogP contribution in [0.4, 0.5) is 0 Å². The van der Waals surface area contributed by atoms with Gasteiger partial charge in [0.25, 0.3) is 0 Å². The molecule has 0 bridgehead atoms. The van der Waals surface area contributed by atoms with Crippen LogP contribution in [0.15, 0.2) is 0 Å². The molecule has 5 heteroatoms. The normalized spacial score (nSPS) is 9.57. The molecule has 4 nitrogen and oxygen atoms in total. The maximum atomic E-state index is 10.4. The van der Waals surface area contributed by atoms with Crippen molar-refractivity contribution in [1.82, 2.24) is 0 Å². The van der Waals surface area contributed by atoms with Crippen LogP contribution in [0.2, 0.25) is 0 Å². The number of unbranched alkanes of at least 4 members (excludes halogenated alkanes) is 3. The third kappa shape index (κ3) is 7.87. The summed E-state index contributed by atoms with van der Waals surface area (Å²) in [7, 11) is 0. The zero-order valence-corrected chi connectivity index (χ0v) is 7.82. The van der Waals surface area contributed by atoms with Gasteiger partial charge < -0.3 is 10.2 Å². The summed E-state index contributed by atoms with van der Waals surface area (Å²) < 4.78 is 0. The van der Waals surface area contributed by atoms with E-state index >= 15 is 0 Å². The molecule has 0 aromatic carbocycles. The second-order valence-corrected chi connectivity index (χ2v) is 3.08. The van der Waals surface area contributed by atoms with Crippen molar-refractivity contribution < 1.29 is 19.8 Å². The number of carboxylic acids is 2. The molecule has 0 aliphatic carbocycles. The number of carboxylic acid groups (broad SMARTS) is 2. The number of hydrogen-bond acceptors (Lipinski definition) is 2. The second kappa shape index (κ2) is 10.0. The van der Waals surface area contributed by atoms with Gasteiger partial charge in [-0.15, -0.1) is 0 Å². The van der Waals surface area contributed by atoms with Crippen LogP contribution < -0.4 is 0 Å². The Labute approximate surface area is 124 Å². The summed E-state index contributed by atoms with van der Waals surface area (Å²) in [6.45, 7) is 2.05. The van der Waals surface area contributed by atoms with Gasteiger partial charge in [0.05, 0.1) is 0 Å². The van der Waals surface area contributed by atoms with Crippen LogP contribution in [-0.2, 0) is 9.59 Å². The van der Waals surface area contributed by atoms with Crippen molar-refractivity contribution in [3.8, 4) is 0 Å². The summed E-state index contributed by atoms with van der Waals surface area (Å²) in [5, 5.41) is 17.0. The van der Waals surface area contributed by atoms with Crippen LogP contribution in [0.1, 0.15) is 39.0 Å². The summed E-state index contributed by atoms with van der Waals surface area (Å²) in [6, 6.07) is 0. The van der Waals surface area contributed by atoms with Gasteiger partial charge in [0.1, 0.15) is 0 Å². The molecule has 0 unspecified atom stereocenters. The van der Waals surface area contributed by atoms with E-state index < -0.39 is 17.9 Å². The summed E-state index contributed by atoms with van der Waals surface area (Å²) in [5.41, 5.74) is 0. The van der Waals surface area contributed by atoms with Crippen molar-refractivity contribution in [2.75, 3.05) is 0 Å². The van der Waals surface area contributed by atoms with E-state index in [1.807, 2.05) is 6.92 Å². The molecule has 0 fully saturated rings. The van der Waals surface area contributed by atoms with Gasteiger partial charge in [0, 0.05) is 0 Å². The average molecular weight is 328 g/mol. The molecule has 0 saturated heterocycles. The molecule has 0 aromatic rings. The van der Waals surface area contributed by atoms with Gasteiger partial charge in [-0.1, -0.05) is 32.6 Å². The Morgan fingerprint density at radius 2 is 1.57 bits per heavy atom. The summed E-state index contributed by atoms with van der Waals surface area (Å²) in [6.07, 6.45) is 3.92. The van der Waals surface area contributed by atoms with Crippen LogP contribution in [0.5, 0.6) is 0 Å². The molecular formula is C9H18BaO4. The minimum atomic E-state index is -1.23. The summed E-state index contributed by atoms with van der Waals surface area (Å²) in [4.78, 5) is 20.8. The fourth-order valence-electron chi connectivity index (χ4n) is 1.13. The maximum absolute atomic E-state index is 10.4. The molecule has 2 N–H and O–H groups in total. The fraction of sp³-hybridized carbons (Fsp3) is 0.778. The van der Waals surface area contributed by atoms with Crippen LogP contribution in [0.3, 0.4) is 0 Å². The van der Waals surface area contributed by atoms with Crippen LogP contribution >= 0.6 is 0 Å². The third-order valence-corrected chi connectivity index (χ3v) is 1.94. The van der Waals surface area contributed by atoms with E-state index in [0.717, 1.165) is 19.3 Å². The summed E-state index contributed by atoms with van der Waals surface area (Å²) in [5.74, 6) is -3.69. The number of rotatable bonds is 7. The number of aliphatic carboxylic acids is 2. The van der Waals surface area contributed by atoms with Gasteiger partial charge in [-0.3, -0.25) is 9.59 Å². The molecule has 0 spiro atoms. The molecule has 0 aliphatic heterocycles. The Hall–Kier alpha value is 0.511. The average Bonchev–Trinajstić information content (AvgIpc) is 2.02. The first-order valence-electron chi connectivity index (χ1n) is 4.55. The van der Waals surface area contributed by atoms with Crippen LogP contribution in [0, 0.1) is 5.92 Å². The molecule has 0 aromatic heterocycles. The zero-order chi connectivity index (χ0) is 10.3. The third-order valence-electron chi connectivity index (χ3n) is 1.94. The molecule has 0 amide bonds. The first kappa shape index (κ1) is 16.9. The Bertz CT molecular complexity index is 168. The quantitative estimate of drug-likeness (QED) is 0.412. The van der Waals surface area contributed by atoms with E-state index in [-0.39, 0.29) is 55.3 Å². The van der Waals surface area contributed by atoms with Crippen molar-refractivity contribution in [3.05, 3.63) is 0 Å². The molecule has 0 rings (SSSR count). The molecule has 0 saturated carbocycles. The van der Waals surface area contributed by atoms with Crippen LogP contribution in [-0.4, -0.2) is 71.0 Å². The topological polar surface area (TPSA) is 74.6 Å². The van der Waals surface area contributed by atoms with E-state index in [9.17, 15) is 9.59 Å². The van der Waals surface area contributed by atoms with Gasteiger partial charge in [-0.25, -0.2) is 0 Å². The predicted molar refractivity (Wildman–Crippen MR) is 56.1 cm³/mol. The van der Waals surface area contributed by atoms with Crippen molar-refractivity contribution in [3.63, 3.8) is 0 Å². The molecule has 0 radical (unpaired) electrons. The van der Waals surface area contributed by atoms with E-state index in [1.54, 1.807) is 0 Å². The zero-order valence-electron chi connectivity index (χ0n) is 7.82. The van der Waals surface area contributed by atoms with E-state index in [0.29, 0.717) is 6.42 Å². The number of hydrogen-bond donors (Lipinski definition) is 2. The van der Waals surface area contributed by atoms with Crippen molar-refractivity contribution in [2.45, 2.75) is 39.0 Å². The van der Waals surface area contributed by atoms with Crippen molar-refractivity contribution in [1.29, 1.82) is 0 Å². The van der Waals surface area contributed by atoms with Gasteiger partial charge in [0.15, 0.2) is 5.92 Å². The van der Waals surface area contributed by atoms with Crippen molar-refractivity contribution >= 4 is 60.8 Å². The van der Waals surface area contributed by atoms with Crippen molar-refractivity contribution in [2.24, 2.45) is 5.92 Å². The Morgan fingerprint density at radius 3 is 1.93 bits per heavy atom. The van der Waals surface area contributed by atoms with Gasteiger partial charge >= 0.3 is 60.8 Å². The van der Waals surface area contributed by atoms with E-state index in [4.69, 9.17) is 10.2 Å². The molecule has 14 heavy (non-hydrogen) atoms. The van der Waals surface area contributed by atoms with Crippen LogP contribution in [0.25, 0.3) is 0 Å². The second-order valence-electron chi connectivity index (χ2n) is 3.08. The summed E-state index contributed by atoms with van der Waals surface area (Å²) >= 11 is 0. The molecule has 80 valence electrons. The van der Waals surface area contributed by atoms with Gasteiger partial charge in [-0.2, -0.15) is 0 Å². The SMILES string of the molecule is CCCCCCC(C(=O)O)C(=O)O.[BaH2]. The Balaban J connectivity index is 0. The van der Waals surface area contributed by atoms with E-state index in [2.05, 4.69) is 0 Å². The van der Waals surface area contributed by atoms with Gasteiger partial charge in [0.2, 0.25) is 0 Å². The monoisotopic (exact) mass is 328 g/mol. The molecular weight excluding hydrogens is 309 g/mol. The Morgan fingerprint density at radius 1 is 1.07 bits per heavy atom. The molecule has 0 aliphatic rings. The van der Waals surface area contributed by atoms with E-state index in [1.165, 1.54) is 0 Å². The first-order valence-corrected chi connectivity index (χ1v) is 4.55. The fourth-order valence-corrected chi connectivity index (χ4v) is 1.13. The number of carbonyl (C=O) groups is 2. The molecule has 0 heterocycles.